The molecule has 0 unspecified atom stereocenters. The fourth-order valence-electron chi connectivity index (χ4n) is 0.977. The van der Waals surface area contributed by atoms with E-state index in [-0.39, 0.29) is 11.4 Å². The van der Waals surface area contributed by atoms with E-state index >= 15 is 0 Å². The highest BCUT2D eigenvalue weighted by atomic mass is 19.4. The number of ether oxygens (including phenoxy) is 2. The van der Waals surface area contributed by atoms with Gasteiger partial charge in [-0.1, -0.05) is 0 Å². The smallest absolute Gasteiger partial charge is 0.489 e. The number of carbonyl (C=O) groups is 1. The molecule has 94 valence electrons. The number of carboxylic acids is 1. The summed E-state index contributed by atoms with van der Waals surface area (Å²) in [7, 11) is 0. The minimum absolute atomic E-state index is 0.106. The Kier molecular flexibility index (Phi) is 4.27. The largest absolute Gasteiger partial charge is 0.522 e. The number of carboxylic acid groups (broad SMARTS) is 1. The van der Waals surface area contributed by atoms with E-state index in [0.29, 0.717) is 0 Å². The summed E-state index contributed by atoms with van der Waals surface area (Å²) in [5.41, 5.74) is -0.362. The molecule has 1 heterocycles. The van der Waals surface area contributed by atoms with Gasteiger partial charge in [0.2, 0.25) is 0 Å². The molecule has 1 N–H and O–H groups in total. The Morgan fingerprint density at radius 2 is 2.12 bits per heavy atom. The summed E-state index contributed by atoms with van der Waals surface area (Å²) < 4.78 is 43.1. The van der Waals surface area contributed by atoms with E-state index in [1.807, 2.05) is 0 Å². The lowest BCUT2D eigenvalue weighted by Gasteiger charge is -2.09. The van der Waals surface area contributed by atoms with Crippen molar-refractivity contribution in [2.45, 2.75) is 6.36 Å². The Bertz CT molecular complexity index is 394. The molecule has 0 fully saturated rings. The second kappa shape index (κ2) is 5.48. The maximum atomic E-state index is 11.6. The summed E-state index contributed by atoms with van der Waals surface area (Å²) in [5, 5.41) is 8.70. The van der Waals surface area contributed by atoms with E-state index in [2.05, 4.69) is 9.72 Å². The zero-order valence-electron chi connectivity index (χ0n) is 8.40. The number of rotatable bonds is 5. The Labute approximate surface area is 93.8 Å². The van der Waals surface area contributed by atoms with Crippen LogP contribution < -0.4 is 4.74 Å². The number of alkyl halides is 3. The van der Waals surface area contributed by atoms with Crippen molar-refractivity contribution in [1.29, 1.82) is 0 Å². The topological polar surface area (TPSA) is 68.7 Å². The van der Waals surface area contributed by atoms with Crippen LogP contribution in [0.3, 0.4) is 0 Å². The van der Waals surface area contributed by atoms with Crippen LogP contribution in [0.5, 0.6) is 5.75 Å². The van der Waals surface area contributed by atoms with Crippen LogP contribution >= 0.6 is 0 Å². The van der Waals surface area contributed by atoms with Gasteiger partial charge >= 0.3 is 12.3 Å². The predicted molar refractivity (Wildman–Crippen MR) is 48.7 cm³/mol. The molecule has 0 saturated heterocycles. The van der Waals surface area contributed by atoms with Crippen LogP contribution in [0.4, 0.5) is 13.2 Å². The molecular weight excluding hydrogens is 243 g/mol. The zero-order chi connectivity index (χ0) is 12.9. The van der Waals surface area contributed by atoms with E-state index in [0.717, 1.165) is 0 Å². The summed E-state index contributed by atoms with van der Waals surface area (Å²) >= 11 is 0. The molecule has 0 aliphatic heterocycles. The van der Waals surface area contributed by atoms with Crippen LogP contribution in [0.15, 0.2) is 18.3 Å². The van der Waals surface area contributed by atoms with Gasteiger partial charge in [-0.25, -0.2) is 9.78 Å². The third-order valence-corrected chi connectivity index (χ3v) is 1.58. The van der Waals surface area contributed by atoms with Gasteiger partial charge in [0, 0.05) is 6.20 Å². The Morgan fingerprint density at radius 1 is 1.41 bits per heavy atom. The lowest BCUT2D eigenvalue weighted by molar-refractivity contribution is -0.325. The zero-order valence-corrected chi connectivity index (χ0v) is 8.40. The van der Waals surface area contributed by atoms with Crippen molar-refractivity contribution in [3.63, 3.8) is 0 Å². The van der Waals surface area contributed by atoms with Crippen molar-refractivity contribution in [2.75, 3.05) is 13.2 Å². The van der Waals surface area contributed by atoms with E-state index in [1.165, 1.54) is 18.3 Å². The maximum absolute atomic E-state index is 11.6. The molecule has 0 bridgehead atoms. The third kappa shape index (κ3) is 4.68. The molecule has 1 aromatic rings. The van der Waals surface area contributed by atoms with Crippen molar-refractivity contribution in [1.82, 2.24) is 4.98 Å². The van der Waals surface area contributed by atoms with Crippen LogP contribution in [0, 0.1) is 0 Å². The Hall–Kier alpha value is -1.83. The van der Waals surface area contributed by atoms with Gasteiger partial charge in [-0.15, -0.1) is 13.2 Å². The van der Waals surface area contributed by atoms with Gasteiger partial charge in [0.1, 0.15) is 6.61 Å². The van der Waals surface area contributed by atoms with Crippen LogP contribution in [-0.4, -0.2) is 35.6 Å². The SMILES string of the molecule is O=C(O)c1ncccc1OCCOC(F)(F)F. The average Bonchev–Trinajstić information content (AvgIpc) is 2.23. The number of aromatic carboxylic acids is 1. The second-order valence-corrected chi connectivity index (χ2v) is 2.80. The van der Waals surface area contributed by atoms with Crippen molar-refractivity contribution in [2.24, 2.45) is 0 Å². The van der Waals surface area contributed by atoms with Gasteiger partial charge in [0.15, 0.2) is 11.4 Å². The number of aromatic nitrogens is 1. The first-order chi connectivity index (χ1) is 7.90. The minimum Gasteiger partial charge on any atom is -0.489 e. The summed E-state index contributed by atoms with van der Waals surface area (Å²) in [5.74, 6) is -1.43. The highest BCUT2D eigenvalue weighted by Crippen LogP contribution is 2.17. The van der Waals surface area contributed by atoms with E-state index in [9.17, 15) is 18.0 Å². The van der Waals surface area contributed by atoms with Crippen molar-refractivity contribution in [3.05, 3.63) is 24.0 Å². The molecule has 0 radical (unpaired) electrons. The summed E-state index contributed by atoms with van der Waals surface area (Å²) in [6.07, 6.45) is -3.49. The average molecular weight is 251 g/mol. The van der Waals surface area contributed by atoms with Crippen molar-refractivity contribution in [3.8, 4) is 5.75 Å². The summed E-state index contributed by atoms with van der Waals surface area (Å²) in [6.45, 7) is -1.15. The van der Waals surface area contributed by atoms with Crippen LogP contribution in [0.2, 0.25) is 0 Å². The first-order valence-electron chi connectivity index (χ1n) is 4.42. The molecular formula is C9H8F3NO4. The molecule has 5 nitrogen and oxygen atoms in total. The third-order valence-electron chi connectivity index (χ3n) is 1.58. The molecule has 0 amide bonds. The van der Waals surface area contributed by atoms with Gasteiger partial charge in [0.05, 0.1) is 6.61 Å². The van der Waals surface area contributed by atoms with E-state index in [1.54, 1.807) is 0 Å². The normalized spacial score (nSPS) is 11.2. The Morgan fingerprint density at radius 3 is 2.71 bits per heavy atom. The van der Waals surface area contributed by atoms with E-state index in [4.69, 9.17) is 9.84 Å². The lowest BCUT2D eigenvalue weighted by Crippen LogP contribution is -2.18. The molecule has 1 aromatic heterocycles. The monoisotopic (exact) mass is 251 g/mol. The Balaban J connectivity index is 2.49. The quantitative estimate of drug-likeness (QED) is 0.806. The molecule has 0 aliphatic rings. The van der Waals surface area contributed by atoms with Crippen LogP contribution in [0.1, 0.15) is 10.5 Å². The number of hydrogen-bond acceptors (Lipinski definition) is 4. The molecule has 17 heavy (non-hydrogen) atoms. The minimum atomic E-state index is -4.73. The molecule has 0 spiro atoms. The maximum Gasteiger partial charge on any atom is 0.522 e. The highest BCUT2D eigenvalue weighted by molar-refractivity contribution is 5.88. The van der Waals surface area contributed by atoms with Crippen LogP contribution in [0.25, 0.3) is 0 Å². The fourth-order valence-corrected chi connectivity index (χ4v) is 0.977. The van der Waals surface area contributed by atoms with Gasteiger partial charge < -0.3 is 9.84 Å². The molecule has 0 atom stereocenters. The second-order valence-electron chi connectivity index (χ2n) is 2.80. The van der Waals surface area contributed by atoms with Gasteiger partial charge in [-0.05, 0) is 12.1 Å². The summed E-state index contributed by atoms with van der Waals surface area (Å²) in [6, 6.07) is 2.70. The van der Waals surface area contributed by atoms with Crippen LogP contribution in [-0.2, 0) is 4.74 Å². The molecule has 1 rings (SSSR count). The first-order valence-corrected chi connectivity index (χ1v) is 4.42. The molecule has 8 heteroatoms. The van der Waals surface area contributed by atoms with Crippen molar-refractivity contribution < 1.29 is 32.5 Å². The number of hydrogen-bond donors (Lipinski definition) is 1. The number of pyridine rings is 1. The molecule has 0 aliphatic carbocycles. The van der Waals surface area contributed by atoms with Crippen molar-refractivity contribution >= 4 is 5.97 Å². The van der Waals surface area contributed by atoms with Gasteiger partial charge in [0.25, 0.3) is 0 Å². The molecule has 0 aromatic carbocycles. The number of halogens is 3. The number of nitrogens with zero attached hydrogens (tertiary/aromatic N) is 1. The first kappa shape index (κ1) is 13.2. The molecule has 0 saturated carbocycles. The lowest BCUT2D eigenvalue weighted by atomic mass is 10.3. The predicted octanol–water partition coefficient (Wildman–Crippen LogP) is 1.70. The standard InChI is InChI=1S/C9H8F3NO4/c10-9(11,12)17-5-4-16-6-2-1-3-13-7(6)8(14)15/h1-3H,4-5H2,(H,14,15). The summed E-state index contributed by atoms with van der Waals surface area (Å²) in [4.78, 5) is 14.2. The van der Waals surface area contributed by atoms with Gasteiger partial charge in [-0.3, -0.25) is 4.74 Å². The van der Waals surface area contributed by atoms with Gasteiger partial charge in [-0.2, -0.15) is 0 Å². The highest BCUT2D eigenvalue weighted by Gasteiger charge is 2.28. The fraction of sp³-hybridized carbons (Fsp3) is 0.333. The van der Waals surface area contributed by atoms with E-state index < -0.39 is 25.5 Å².